The first-order chi connectivity index (χ1) is 8.79. The summed E-state index contributed by atoms with van der Waals surface area (Å²) in [6.45, 7) is 7.23. The fourth-order valence-electron chi connectivity index (χ4n) is 2.43. The van der Waals surface area contributed by atoms with E-state index in [4.69, 9.17) is 9.47 Å². The van der Waals surface area contributed by atoms with Gasteiger partial charge in [-0.3, -0.25) is 4.90 Å². The Labute approximate surface area is 110 Å². The van der Waals surface area contributed by atoms with E-state index in [1.807, 2.05) is 0 Å². The molecule has 1 fully saturated rings. The average molecular weight is 249 g/mol. The first-order valence-corrected chi connectivity index (χ1v) is 6.73. The zero-order valence-corrected chi connectivity index (χ0v) is 11.4. The summed E-state index contributed by atoms with van der Waals surface area (Å²) in [6, 6.07) is 6.47. The van der Waals surface area contributed by atoms with Gasteiger partial charge in [-0.1, -0.05) is 12.1 Å². The number of morpholine rings is 1. The summed E-state index contributed by atoms with van der Waals surface area (Å²) >= 11 is 0. The molecule has 0 N–H and O–H groups in total. The molecule has 18 heavy (non-hydrogen) atoms. The standard InChI is InChI=1S/C15H23NO2/c1-13-12-14(5-6-15(13)17-2)4-3-7-16-8-10-18-11-9-16/h5-6,12H,3-4,7-11H2,1-2H3. The van der Waals surface area contributed by atoms with Crippen molar-refractivity contribution in [1.29, 1.82) is 0 Å². The van der Waals surface area contributed by atoms with E-state index in [-0.39, 0.29) is 0 Å². The minimum absolute atomic E-state index is 0.891. The van der Waals surface area contributed by atoms with E-state index in [0.717, 1.165) is 38.5 Å². The highest BCUT2D eigenvalue weighted by atomic mass is 16.5. The van der Waals surface area contributed by atoms with Crippen LogP contribution in [0.2, 0.25) is 0 Å². The van der Waals surface area contributed by atoms with Crippen molar-refractivity contribution in [2.24, 2.45) is 0 Å². The summed E-state index contributed by atoms with van der Waals surface area (Å²) in [5.41, 5.74) is 2.63. The van der Waals surface area contributed by atoms with Gasteiger partial charge in [0.05, 0.1) is 20.3 Å². The Morgan fingerprint density at radius 1 is 1.28 bits per heavy atom. The molecule has 0 radical (unpaired) electrons. The first kappa shape index (κ1) is 13.4. The number of rotatable bonds is 5. The molecule has 0 amide bonds. The van der Waals surface area contributed by atoms with Crippen LogP contribution < -0.4 is 4.74 Å². The molecule has 1 aliphatic rings. The minimum Gasteiger partial charge on any atom is -0.496 e. The molecule has 1 aromatic rings. The molecular formula is C15H23NO2. The first-order valence-electron chi connectivity index (χ1n) is 6.73. The monoisotopic (exact) mass is 249 g/mol. The Hall–Kier alpha value is -1.06. The summed E-state index contributed by atoms with van der Waals surface area (Å²) in [5, 5.41) is 0. The molecular weight excluding hydrogens is 226 g/mol. The van der Waals surface area contributed by atoms with Crippen molar-refractivity contribution in [2.45, 2.75) is 19.8 Å². The lowest BCUT2D eigenvalue weighted by Crippen LogP contribution is -2.36. The lowest BCUT2D eigenvalue weighted by molar-refractivity contribution is 0.0374. The van der Waals surface area contributed by atoms with Gasteiger partial charge in [-0.15, -0.1) is 0 Å². The van der Waals surface area contributed by atoms with Gasteiger partial charge in [-0.05, 0) is 43.5 Å². The third-order valence-corrected chi connectivity index (χ3v) is 3.50. The van der Waals surface area contributed by atoms with Gasteiger partial charge < -0.3 is 9.47 Å². The third kappa shape index (κ3) is 3.72. The van der Waals surface area contributed by atoms with E-state index in [0.29, 0.717) is 0 Å². The van der Waals surface area contributed by atoms with Crippen LogP contribution in [0.25, 0.3) is 0 Å². The molecule has 0 atom stereocenters. The van der Waals surface area contributed by atoms with E-state index in [9.17, 15) is 0 Å². The number of methoxy groups -OCH3 is 1. The second kappa shape index (κ2) is 6.76. The van der Waals surface area contributed by atoms with Crippen molar-refractivity contribution in [3.63, 3.8) is 0 Å². The smallest absolute Gasteiger partial charge is 0.121 e. The molecule has 3 nitrogen and oxygen atoms in total. The van der Waals surface area contributed by atoms with Gasteiger partial charge in [-0.2, -0.15) is 0 Å². The van der Waals surface area contributed by atoms with E-state index in [2.05, 4.69) is 30.0 Å². The maximum Gasteiger partial charge on any atom is 0.121 e. The topological polar surface area (TPSA) is 21.7 Å². The normalized spacial score (nSPS) is 16.8. The second-order valence-corrected chi connectivity index (χ2v) is 4.86. The second-order valence-electron chi connectivity index (χ2n) is 4.86. The molecule has 0 aliphatic carbocycles. The lowest BCUT2D eigenvalue weighted by atomic mass is 10.1. The van der Waals surface area contributed by atoms with E-state index in [1.165, 1.54) is 24.1 Å². The summed E-state index contributed by atoms with van der Waals surface area (Å²) in [6.07, 6.45) is 2.36. The maximum atomic E-state index is 5.35. The summed E-state index contributed by atoms with van der Waals surface area (Å²) in [4.78, 5) is 2.49. The fraction of sp³-hybridized carbons (Fsp3) is 0.600. The van der Waals surface area contributed by atoms with Gasteiger partial charge in [0.1, 0.15) is 5.75 Å². The van der Waals surface area contributed by atoms with Crippen LogP contribution in [0.5, 0.6) is 5.75 Å². The van der Waals surface area contributed by atoms with Crippen molar-refractivity contribution in [1.82, 2.24) is 4.90 Å². The van der Waals surface area contributed by atoms with Crippen LogP contribution in [-0.2, 0) is 11.2 Å². The van der Waals surface area contributed by atoms with Gasteiger partial charge in [0.2, 0.25) is 0 Å². The Bertz CT molecular complexity index is 373. The molecule has 0 bridgehead atoms. The molecule has 0 saturated carbocycles. The molecule has 1 heterocycles. The predicted molar refractivity (Wildman–Crippen MR) is 73.3 cm³/mol. The highest BCUT2D eigenvalue weighted by Crippen LogP contribution is 2.19. The van der Waals surface area contributed by atoms with Gasteiger partial charge in [0, 0.05) is 13.1 Å². The van der Waals surface area contributed by atoms with E-state index >= 15 is 0 Å². The van der Waals surface area contributed by atoms with E-state index in [1.54, 1.807) is 7.11 Å². The molecule has 1 saturated heterocycles. The summed E-state index contributed by atoms with van der Waals surface area (Å²) < 4.78 is 10.6. The Balaban J connectivity index is 1.77. The van der Waals surface area contributed by atoms with Crippen LogP contribution in [0.15, 0.2) is 18.2 Å². The number of ether oxygens (including phenoxy) is 2. The molecule has 3 heteroatoms. The molecule has 100 valence electrons. The quantitative estimate of drug-likeness (QED) is 0.799. The highest BCUT2D eigenvalue weighted by molar-refractivity contribution is 5.36. The Kier molecular flexibility index (Phi) is 5.02. The van der Waals surface area contributed by atoms with Crippen molar-refractivity contribution in [2.75, 3.05) is 40.0 Å². The van der Waals surface area contributed by atoms with Crippen LogP contribution in [0.3, 0.4) is 0 Å². The highest BCUT2D eigenvalue weighted by Gasteiger charge is 2.09. The SMILES string of the molecule is COc1ccc(CCCN2CCOCC2)cc1C. The summed E-state index contributed by atoms with van der Waals surface area (Å²) in [7, 11) is 1.72. The molecule has 2 rings (SSSR count). The number of benzene rings is 1. The van der Waals surface area contributed by atoms with Gasteiger partial charge in [0.25, 0.3) is 0 Å². The van der Waals surface area contributed by atoms with Gasteiger partial charge >= 0.3 is 0 Å². The van der Waals surface area contributed by atoms with Crippen LogP contribution in [0, 0.1) is 6.92 Å². The molecule has 1 aromatic carbocycles. The Morgan fingerprint density at radius 3 is 2.72 bits per heavy atom. The zero-order chi connectivity index (χ0) is 12.8. The third-order valence-electron chi connectivity index (χ3n) is 3.50. The van der Waals surface area contributed by atoms with Crippen molar-refractivity contribution < 1.29 is 9.47 Å². The average Bonchev–Trinajstić information content (AvgIpc) is 2.40. The number of aryl methyl sites for hydroxylation is 2. The van der Waals surface area contributed by atoms with Crippen LogP contribution in [-0.4, -0.2) is 44.9 Å². The van der Waals surface area contributed by atoms with Crippen LogP contribution >= 0.6 is 0 Å². The molecule has 0 spiro atoms. The maximum absolute atomic E-state index is 5.35. The van der Waals surface area contributed by atoms with Crippen molar-refractivity contribution >= 4 is 0 Å². The molecule has 0 unspecified atom stereocenters. The minimum atomic E-state index is 0.891. The number of nitrogens with zero attached hydrogens (tertiary/aromatic N) is 1. The van der Waals surface area contributed by atoms with Gasteiger partial charge in [-0.25, -0.2) is 0 Å². The van der Waals surface area contributed by atoms with Crippen LogP contribution in [0.4, 0.5) is 0 Å². The largest absolute Gasteiger partial charge is 0.496 e. The summed E-state index contributed by atoms with van der Waals surface area (Å²) in [5.74, 6) is 0.979. The molecule has 0 aromatic heterocycles. The zero-order valence-electron chi connectivity index (χ0n) is 11.4. The number of hydrogen-bond acceptors (Lipinski definition) is 3. The van der Waals surface area contributed by atoms with E-state index < -0.39 is 0 Å². The van der Waals surface area contributed by atoms with Crippen molar-refractivity contribution in [3.05, 3.63) is 29.3 Å². The lowest BCUT2D eigenvalue weighted by Gasteiger charge is -2.26. The van der Waals surface area contributed by atoms with Crippen molar-refractivity contribution in [3.8, 4) is 5.75 Å². The predicted octanol–water partition coefficient (Wildman–Crippen LogP) is 2.27. The van der Waals surface area contributed by atoms with Gasteiger partial charge in [0.15, 0.2) is 0 Å². The molecule has 1 aliphatic heterocycles. The Morgan fingerprint density at radius 2 is 2.06 bits per heavy atom. The number of hydrogen-bond donors (Lipinski definition) is 0. The fourth-order valence-corrected chi connectivity index (χ4v) is 2.43. The van der Waals surface area contributed by atoms with Crippen LogP contribution in [0.1, 0.15) is 17.5 Å².